The number of aliphatic hydroxyl groups is 1. The highest BCUT2D eigenvalue weighted by atomic mass is 127. The van der Waals surface area contributed by atoms with Crippen LogP contribution in [0.1, 0.15) is 31.9 Å². The number of aliphatic hydroxyl groups excluding tert-OH is 1. The summed E-state index contributed by atoms with van der Waals surface area (Å²) in [5.41, 5.74) is 2.22. The highest BCUT2D eigenvalue weighted by molar-refractivity contribution is 14.1. The fourth-order valence-corrected chi connectivity index (χ4v) is 4.06. The van der Waals surface area contributed by atoms with E-state index in [0.29, 0.717) is 24.9 Å². The summed E-state index contributed by atoms with van der Waals surface area (Å²) in [5.74, 6) is 2.53. The van der Waals surface area contributed by atoms with Crippen molar-refractivity contribution in [3.8, 4) is 11.5 Å². The van der Waals surface area contributed by atoms with E-state index in [1.807, 2.05) is 29.0 Å². The Hall–Kier alpha value is -1.77. The van der Waals surface area contributed by atoms with Gasteiger partial charge in [0.1, 0.15) is 24.2 Å². The molecule has 0 aliphatic rings. The second-order valence-corrected chi connectivity index (χ2v) is 10.1. The molecular formula is C25H30ClIN2O3. The molecule has 2 aromatic carbocycles. The number of halogens is 2. The molecule has 172 valence electrons. The number of nitrogens with zero attached hydrogens (tertiary/aromatic N) is 2. The molecule has 1 heterocycles. The molecule has 0 amide bonds. The second kappa shape index (κ2) is 11.4. The molecule has 2 atom stereocenters. The average molecular weight is 569 g/mol. The van der Waals surface area contributed by atoms with Gasteiger partial charge in [0.15, 0.2) is 0 Å². The van der Waals surface area contributed by atoms with Crippen LogP contribution in [0.5, 0.6) is 11.5 Å². The van der Waals surface area contributed by atoms with Crippen molar-refractivity contribution in [2.24, 2.45) is 5.92 Å². The van der Waals surface area contributed by atoms with E-state index in [-0.39, 0.29) is 12.0 Å². The summed E-state index contributed by atoms with van der Waals surface area (Å²) in [7, 11) is 0. The predicted octanol–water partition coefficient (Wildman–Crippen LogP) is 5.51. The zero-order valence-corrected chi connectivity index (χ0v) is 21.6. The van der Waals surface area contributed by atoms with Crippen LogP contribution in [0.25, 0.3) is 0 Å². The van der Waals surface area contributed by atoms with Gasteiger partial charge in [-0.1, -0.05) is 39.0 Å². The predicted molar refractivity (Wildman–Crippen MR) is 137 cm³/mol. The van der Waals surface area contributed by atoms with Crippen molar-refractivity contribution in [1.82, 2.24) is 9.55 Å². The summed E-state index contributed by atoms with van der Waals surface area (Å²) in [4.78, 5) is 3.98. The normalized spacial score (nSPS) is 13.6. The van der Waals surface area contributed by atoms with Gasteiger partial charge in [0.25, 0.3) is 0 Å². The third kappa shape index (κ3) is 6.62. The van der Waals surface area contributed by atoms with Crippen LogP contribution in [-0.2, 0) is 12.0 Å². The van der Waals surface area contributed by atoms with E-state index in [9.17, 15) is 5.11 Å². The van der Waals surface area contributed by atoms with Crippen LogP contribution in [-0.4, -0.2) is 39.9 Å². The SMILES string of the molecule is C[C@@H](CCl)COc1ccc(C(C)(C)c2ccc(OC[C@H](O)Cn3ccnc3)cc2)cc1I. The number of alkyl halides is 1. The summed E-state index contributed by atoms with van der Waals surface area (Å²) in [6.45, 7) is 7.78. The summed E-state index contributed by atoms with van der Waals surface area (Å²) in [5, 5.41) is 10.2. The summed E-state index contributed by atoms with van der Waals surface area (Å²) in [6, 6.07) is 14.4. The average Bonchev–Trinajstić information content (AvgIpc) is 3.29. The molecule has 7 heteroatoms. The standard InChI is InChI=1S/C25H30ClIN2O3/c1-18(13-26)15-32-24-9-6-20(12-23(24)27)25(2,3)19-4-7-22(8-5-19)31-16-21(30)14-29-11-10-28-17-29/h4-12,17-18,21,30H,13-16H2,1-3H3/t18-,21+/m0/s1. The van der Waals surface area contributed by atoms with Crippen molar-refractivity contribution in [1.29, 1.82) is 0 Å². The van der Waals surface area contributed by atoms with E-state index in [1.54, 1.807) is 12.5 Å². The van der Waals surface area contributed by atoms with Crippen LogP contribution in [0.2, 0.25) is 0 Å². The zero-order valence-electron chi connectivity index (χ0n) is 18.7. The molecular weight excluding hydrogens is 539 g/mol. The monoisotopic (exact) mass is 568 g/mol. The lowest BCUT2D eigenvalue weighted by Gasteiger charge is -2.27. The molecule has 0 saturated heterocycles. The van der Waals surface area contributed by atoms with Gasteiger partial charge in [-0.2, -0.15) is 0 Å². The van der Waals surface area contributed by atoms with Gasteiger partial charge in [0, 0.05) is 29.6 Å². The Morgan fingerprint density at radius 2 is 1.81 bits per heavy atom. The maximum Gasteiger partial charge on any atom is 0.132 e. The second-order valence-electron chi connectivity index (χ2n) is 8.59. The van der Waals surface area contributed by atoms with Crippen LogP contribution < -0.4 is 9.47 Å². The van der Waals surface area contributed by atoms with Crippen molar-refractivity contribution in [3.05, 3.63) is 75.9 Å². The molecule has 0 radical (unpaired) electrons. The number of imidazole rings is 1. The maximum atomic E-state index is 10.2. The molecule has 3 rings (SSSR count). The number of hydrogen-bond donors (Lipinski definition) is 1. The van der Waals surface area contributed by atoms with Crippen LogP contribution in [0.4, 0.5) is 0 Å². The first-order valence-corrected chi connectivity index (χ1v) is 12.3. The minimum atomic E-state index is -0.601. The number of hydrogen-bond acceptors (Lipinski definition) is 4. The van der Waals surface area contributed by atoms with Gasteiger partial charge < -0.3 is 19.1 Å². The minimum Gasteiger partial charge on any atom is -0.492 e. The molecule has 0 fully saturated rings. The lowest BCUT2D eigenvalue weighted by molar-refractivity contribution is 0.0924. The maximum absolute atomic E-state index is 10.2. The van der Waals surface area contributed by atoms with Crippen LogP contribution in [0, 0.1) is 9.49 Å². The van der Waals surface area contributed by atoms with Crippen molar-refractivity contribution in [2.45, 2.75) is 38.8 Å². The van der Waals surface area contributed by atoms with Gasteiger partial charge in [0.05, 0.1) is 23.0 Å². The fourth-order valence-electron chi connectivity index (χ4n) is 3.30. The number of benzene rings is 2. The van der Waals surface area contributed by atoms with Crippen molar-refractivity contribution < 1.29 is 14.6 Å². The largest absolute Gasteiger partial charge is 0.492 e. The minimum absolute atomic E-state index is 0.179. The summed E-state index contributed by atoms with van der Waals surface area (Å²) >= 11 is 8.21. The molecule has 0 spiro atoms. The van der Waals surface area contributed by atoms with E-state index in [2.05, 4.69) is 72.6 Å². The third-order valence-electron chi connectivity index (χ3n) is 5.44. The van der Waals surface area contributed by atoms with Crippen LogP contribution >= 0.6 is 34.2 Å². The fraction of sp³-hybridized carbons (Fsp3) is 0.400. The molecule has 32 heavy (non-hydrogen) atoms. The van der Waals surface area contributed by atoms with Crippen LogP contribution in [0.15, 0.2) is 61.2 Å². The number of aromatic nitrogens is 2. The smallest absolute Gasteiger partial charge is 0.132 e. The van der Waals surface area contributed by atoms with Crippen LogP contribution in [0.3, 0.4) is 0 Å². The summed E-state index contributed by atoms with van der Waals surface area (Å²) < 4.78 is 14.6. The Morgan fingerprint density at radius 1 is 1.09 bits per heavy atom. The Bertz CT molecular complexity index is 977. The van der Waals surface area contributed by atoms with Crippen molar-refractivity contribution in [2.75, 3.05) is 19.1 Å². The lowest BCUT2D eigenvalue weighted by Crippen LogP contribution is -2.23. The molecule has 0 aliphatic carbocycles. The molecule has 0 saturated carbocycles. The van der Waals surface area contributed by atoms with E-state index in [0.717, 1.165) is 15.1 Å². The van der Waals surface area contributed by atoms with E-state index < -0.39 is 6.10 Å². The van der Waals surface area contributed by atoms with E-state index in [4.69, 9.17) is 21.1 Å². The van der Waals surface area contributed by atoms with E-state index >= 15 is 0 Å². The first-order chi connectivity index (χ1) is 15.3. The highest BCUT2D eigenvalue weighted by Crippen LogP contribution is 2.35. The number of ether oxygens (including phenoxy) is 2. The summed E-state index contributed by atoms with van der Waals surface area (Å²) in [6.07, 6.45) is 4.59. The Labute approximate surface area is 208 Å². The van der Waals surface area contributed by atoms with Gasteiger partial charge >= 0.3 is 0 Å². The first kappa shape index (κ1) is 24.9. The Morgan fingerprint density at radius 3 is 2.44 bits per heavy atom. The van der Waals surface area contributed by atoms with Gasteiger partial charge in [-0.05, 0) is 58.0 Å². The Kier molecular flexibility index (Phi) is 8.85. The highest BCUT2D eigenvalue weighted by Gasteiger charge is 2.24. The van der Waals surface area contributed by atoms with Gasteiger partial charge in [-0.25, -0.2) is 4.98 Å². The zero-order chi connectivity index (χ0) is 23.1. The lowest BCUT2D eigenvalue weighted by atomic mass is 9.78. The van der Waals surface area contributed by atoms with Crippen molar-refractivity contribution in [3.63, 3.8) is 0 Å². The van der Waals surface area contributed by atoms with Gasteiger partial charge in [0.2, 0.25) is 0 Å². The van der Waals surface area contributed by atoms with Gasteiger partial charge in [-0.3, -0.25) is 0 Å². The topological polar surface area (TPSA) is 56.5 Å². The molecule has 1 N–H and O–H groups in total. The first-order valence-electron chi connectivity index (χ1n) is 10.7. The molecule has 5 nitrogen and oxygen atoms in total. The molecule has 0 bridgehead atoms. The Balaban J connectivity index is 1.62. The molecule has 3 aromatic rings. The third-order valence-corrected chi connectivity index (χ3v) is 6.81. The van der Waals surface area contributed by atoms with Crippen molar-refractivity contribution >= 4 is 34.2 Å². The number of rotatable bonds is 11. The van der Waals surface area contributed by atoms with E-state index in [1.165, 1.54) is 11.1 Å². The molecule has 1 aromatic heterocycles. The van der Waals surface area contributed by atoms with Gasteiger partial charge in [-0.15, -0.1) is 11.6 Å². The quantitative estimate of drug-likeness (QED) is 0.245. The molecule has 0 aliphatic heterocycles. The molecule has 0 unspecified atom stereocenters.